The number of ether oxygens (including phenoxy) is 2. The lowest BCUT2D eigenvalue weighted by atomic mass is 10.2. The van der Waals surface area contributed by atoms with Crippen molar-refractivity contribution in [3.63, 3.8) is 0 Å². The molecule has 1 aromatic carbocycles. The monoisotopic (exact) mass is 278 g/mol. The zero-order chi connectivity index (χ0) is 14.1. The average Bonchev–Trinajstić information content (AvgIpc) is 3.25. The van der Waals surface area contributed by atoms with E-state index in [2.05, 4.69) is 5.32 Å². The van der Waals surface area contributed by atoms with Gasteiger partial charge in [-0.15, -0.1) is 0 Å². The van der Waals surface area contributed by atoms with Gasteiger partial charge in [0.05, 0.1) is 0 Å². The van der Waals surface area contributed by atoms with Crippen LogP contribution in [0.3, 0.4) is 0 Å². The number of nitrogens with one attached hydrogen (secondary N) is 1. The Hall–Kier alpha value is -2.31. The molecule has 2 aliphatic rings. The Morgan fingerprint density at radius 3 is 2.80 bits per heavy atom. The molecule has 1 saturated carbocycles. The third-order valence-electron chi connectivity index (χ3n) is 3.44. The number of hydrogen-bond acceptors (Lipinski definition) is 5. The van der Waals surface area contributed by atoms with Crippen LogP contribution in [0.1, 0.15) is 12.0 Å². The van der Waals surface area contributed by atoms with Crippen molar-refractivity contribution >= 4 is 5.91 Å². The smallest absolute Gasteiger partial charge is 0.230 e. The number of nitrogens with zero attached hydrogens (tertiary/aromatic N) is 1. The third kappa shape index (κ3) is 2.52. The number of rotatable bonds is 4. The van der Waals surface area contributed by atoms with Gasteiger partial charge in [-0.25, -0.2) is 0 Å². The van der Waals surface area contributed by atoms with Crippen molar-refractivity contribution in [2.24, 2.45) is 5.92 Å². The molecule has 1 heterocycles. The number of fused-ring (bicyclic) bond motifs is 1. The second-order valence-electron chi connectivity index (χ2n) is 4.89. The highest BCUT2D eigenvalue weighted by atomic mass is 16.6. The van der Waals surface area contributed by atoms with E-state index in [9.17, 15) is 14.9 Å². The van der Waals surface area contributed by atoms with Crippen LogP contribution in [0.15, 0.2) is 18.2 Å². The Labute approximate surface area is 115 Å². The average molecular weight is 278 g/mol. The van der Waals surface area contributed by atoms with E-state index in [1.54, 1.807) is 6.07 Å². The number of nitro groups is 1. The van der Waals surface area contributed by atoms with Crippen LogP contribution in [0, 0.1) is 16.0 Å². The zero-order valence-electron chi connectivity index (χ0n) is 10.7. The van der Waals surface area contributed by atoms with Gasteiger partial charge >= 0.3 is 0 Å². The molecule has 1 aromatic rings. The van der Waals surface area contributed by atoms with Gasteiger partial charge in [-0.2, -0.15) is 0 Å². The van der Waals surface area contributed by atoms with Crippen molar-refractivity contribution in [1.82, 2.24) is 5.32 Å². The Morgan fingerprint density at radius 2 is 2.10 bits per heavy atom. The van der Waals surface area contributed by atoms with Gasteiger partial charge in [-0.3, -0.25) is 14.9 Å². The van der Waals surface area contributed by atoms with Gasteiger partial charge in [-0.05, 0) is 17.7 Å². The summed E-state index contributed by atoms with van der Waals surface area (Å²) >= 11 is 0. The van der Waals surface area contributed by atoms with Crippen molar-refractivity contribution in [3.05, 3.63) is 33.9 Å². The SMILES string of the molecule is O=C(NCc1ccc2c(c1)OCCO2)[C@@H]1C[C@H]1[N+](=O)[O-]. The van der Waals surface area contributed by atoms with Crippen LogP contribution >= 0.6 is 0 Å². The van der Waals surface area contributed by atoms with Crippen LogP contribution in [-0.4, -0.2) is 30.1 Å². The minimum atomic E-state index is -0.713. The Bertz CT molecular complexity index is 560. The molecule has 7 heteroatoms. The maximum absolute atomic E-state index is 11.7. The molecule has 1 N–H and O–H groups in total. The predicted molar refractivity (Wildman–Crippen MR) is 68.2 cm³/mol. The highest BCUT2D eigenvalue weighted by Gasteiger charge is 2.53. The summed E-state index contributed by atoms with van der Waals surface area (Å²) in [6.45, 7) is 1.37. The first-order chi connectivity index (χ1) is 9.65. The molecule has 0 unspecified atom stereocenters. The van der Waals surface area contributed by atoms with Gasteiger partial charge in [0, 0.05) is 17.9 Å². The molecule has 2 atom stereocenters. The van der Waals surface area contributed by atoms with Crippen molar-refractivity contribution in [2.75, 3.05) is 13.2 Å². The van der Waals surface area contributed by atoms with E-state index >= 15 is 0 Å². The van der Waals surface area contributed by atoms with E-state index in [0.717, 1.165) is 5.56 Å². The standard InChI is InChI=1S/C13H14N2O5/c16-13(9-6-10(9)15(17)18)14-7-8-1-2-11-12(5-8)20-4-3-19-11/h1-2,5,9-10H,3-4,6-7H2,(H,14,16)/t9-,10-/m1/s1. The first-order valence-corrected chi connectivity index (χ1v) is 6.45. The minimum Gasteiger partial charge on any atom is -0.486 e. The molecule has 7 nitrogen and oxygen atoms in total. The van der Waals surface area contributed by atoms with Gasteiger partial charge in [0.1, 0.15) is 19.1 Å². The number of carbonyl (C=O) groups excluding carboxylic acids is 1. The lowest BCUT2D eigenvalue weighted by Crippen LogP contribution is -2.27. The molecule has 0 aromatic heterocycles. The molecule has 1 amide bonds. The number of benzene rings is 1. The van der Waals surface area contributed by atoms with Crippen LogP contribution in [-0.2, 0) is 11.3 Å². The lowest BCUT2D eigenvalue weighted by molar-refractivity contribution is -0.497. The summed E-state index contributed by atoms with van der Waals surface area (Å²) in [7, 11) is 0. The highest BCUT2D eigenvalue weighted by Crippen LogP contribution is 2.33. The minimum absolute atomic E-state index is 0.262. The number of hydrogen-bond donors (Lipinski definition) is 1. The number of amides is 1. The van der Waals surface area contributed by atoms with Gasteiger partial charge in [0.2, 0.25) is 11.9 Å². The molecule has 1 aliphatic carbocycles. The summed E-state index contributed by atoms with van der Waals surface area (Å²) in [5, 5.41) is 13.2. The fourth-order valence-electron chi connectivity index (χ4n) is 2.21. The number of carbonyl (C=O) groups is 1. The lowest BCUT2D eigenvalue weighted by Gasteiger charge is -2.18. The first kappa shape index (κ1) is 12.7. The van der Waals surface area contributed by atoms with Gasteiger partial charge in [0.15, 0.2) is 11.5 Å². The molecule has 1 fully saturated rings. The maximum atomic E-state index is 11.7. The Balaban J connectivity index is 1.56. The van der Waals surface area contributed by atoms with Crippen molar-refractivity contribution in [1.29, 1.82) is 0 Å². The van der Waals surface area contributed by atoms with E-state index in [-0.39, 0.29) is 5.91 Å². The van der Waals surface area contributed by atoms with E-state index < -0.39 is 16.9 Å². The summed E-state index contributed by atoms with van der Waals surface area (Å²) in [6.07, 6.45) is 0.333. The Morgan fingerprint density at radius 1 is 1.35 bits per heavy atom. The van der Waals surface area contributed by atoms with Crippen LogP contribution < -0.4 is 14.8 Å². The van der Waals surface area contributed by atoms with Gasteiger partial charge in [0.25, 0.3) is 0 Å². The van der Waals surface area contributed by atoms with Crippen LogP contribution in [0.2, 0.25) is 0 Å². The third-order valence-corrected chi connectivity index (χ3v) is 3.44. The molecule has 1 aliphatic heterocycles. The normalized spacial score (nSPS) is 23.0. The van der Waals surface area contributed by atoms with Gasteiger partial charge < -0.3 is 14.8 Å². The van der Waals surface area contributed by atoms with Crippen LogP contribution in [0.25, 0.3) is 0 Å². The second-order valence-corrected chi connectivity index (χ2v) is 4.89. The van der Waals surface area contributed by atoms with Crippen molar-refractivity contribution < 1.29 is 19.2 Å². The van der Waals surface area contributed by atoms with E-state index in [1.807, 2.05) is 12.1 Å². The molecular formula is C13H14N2O5. The molecule has 0 radical (unpaired) electrons. The highest BCUT2D eigenvalue weighted by molar-refractivity contribution is 5.81. The molecule has 0 saturated heterocycles. The molecular weight excluding hydrogens is 264 g/mol. The molecule has 0 spiro atoms. The van der Waals surface area contributed by atoms with Gasteiger partial charge in [-0.1, -0.05) is 6.07 Å². The summed E-state index contributed by atoms with van der Waals surface area (Å²) < 4.78 is 10.9. The largest absolute Gasteiger partial charge is 0.486 e. The molecule has 106 valence electrons. The zero-order valence-corrected chi connectivity index (χ0v) is 10.7. The fraction of sp³-hybridized carbons (Fsp3) is 0.462. The summed E-state index contributed by atoms with van der Waals surface area (Å²) in [4.78, 5) is 21.8. The summed E-state index contributed by atoms with van der Waals surface area (Å²) in [6, 6.07) is 4.74. The van der Waals surface area contributed by atoms with Crippen molar-refractivity contribution in [2.45, 2.75) is 19.0 Å². The molecule has 20 heavy (non-hydrogen) atoms. The Kier molecular flexibility index (Phi) is 3.17. The van der Waals surface area contributed by atoms with Crippen molar-refractivity contribution in [3.8, 4) is 11.5 Å². The second kappa shape index (κ2) is 4.99. The van der Waals surface area contributed by atoms with E-state index in [0.29, 0.717) is 37.7 Å². The van der Waals surface area contributed by atoms with E-state index in [4.69, 9.17) is 9.47 Å². The van der Waals surface area contributed by atoms with E-state index in [1.165, 1.54) is 0 Å². The maximum Gasteiger partial charge on any atom is 0.230 e. The van der Waals surface area contributed by atoms with Crippen LogP contribution in [0.4, 0.5) is 0 Å². The summed E-state index contributed by atoms with van der Waals surface area (Å²) in [5.41, 5.74) is 0.876. The van der Waals surface area contributed by atoms with Crippen LogP contribution in [0.5, 0.6) is 11.5 Å². The molecule has 0 bridgehead atoms. The first-order valence-electron chi connectivity index (χ1n) is 6.45. The molecule has 3 rings (SSSR count). The fourth-order valence-corrected chi connectivity index (χ4v) is 2.21. The topological polar surface area (TPSA) is 90.7 Å². The summed E-state index contributed by atoms with van der Waals surface area (Å²) in [5.74, 6) is 0.614. The predicted octanol–water partition coefficient (Wildman–Crippen LogP) is 0.739. The quantitative estimate of drug-likeness (QED) is 0.648.